The normalized spacial score (nSPS) is 19.1. The molecular formula is C11H14F2N2O2S. The van der Waals surface area contributed by atoms with Gasteiger partial charge in [-0.2, -0.15) is 4.31 Å². The van der Waals surface area contributed by atoms with Crippen LogP contribution in [0.3, 0.4) is 0 Å². The van der Waals surface area contributed by atoms with Crippen molar-refractivity contribution in [3.05, 3.63) is 29.8 Å². The van der Waals surface area contributed by atoms with Gasteiger partial charge in [-0.3, -0.25) is 0 Å². The van der Waals surface area contributed by atoms with Crippen molar-refractivity contribution in [3.8, 4) is 0 Å². The Morgan fingerprint density at radius 3 is 2.44 bits per heavy atom. The summed E-state index contributed by atoms with van der Waals surface area (Å²) in [5.41, 5.74) is 5.68. The number of nitrogens with two attached hydrogens (primary N) is 1. The summed E-state index contributed by atoms with van der Waals surface area (Å²) in [6.45, 7) is 0.471. The van der Waals surface area contributed by atoms with E-state index in [9.17, 15) is 17.2 Å². The molecule has 0 aliphatic carbocycles. The molecule has 1 aromatic rings. The van der Waals surface area contributed by atoms with Crippen LogP contribution in [0.2, 0.25) is 0 Å². The molecule has 1 heterocycles. The molecule has 0 radical (unpaired) electrons. The second-order valence-corrected chi connectivity index (χ2v) is 6.22. The maximum Gasteiger partial charge on any atom is 0.246 e. The molecule has 1 aromatic carbocycles. The first-order valence-corrected chi connectivity index (χ1v) is 7.06. The molecule has 1 fully saturated rings. The van der Waals surface area contributed by atoms with Crippen LogP contribution in [0.25, 0.3) is 0 Å². The van der Waals surface area contributed by atoms with Gasteiger partial charge in [0.2, 0.25) is 10.0 Å². The van der Waals surface area contributed by atoms with E-state index in [1.165, 1.54) is 0 Å². The van der Waals surface area contributed by atoms with E-state index in [-0.39, 0.29) is 19.1 Å². The lowest BCUT2D eigenvalue weighted by Gasteiger charge is -2.29. The van der Waals surface area contributed by atoms with E-state index in [4.69, 9.17) is 5.73 Å². The Labute approximate surface area is 104 Å². The predicted octanol–water partition coefficient (Wildman–Crippen LogP) is 1.08. The molecule has 7 heteroatoms. The van der Waals surface area contributed by atoms with Gasteiger partial charge < -0.3 is 5.73 Å². The van der Waals surface area contributed by atoms with E-state index < -0.39 is 26.6 Å². The third-order valence-electron chi connectivity index (χ3n) is 3.01. The molecule has 4 nitrogen and oxygen atoms in total. The smallest absolute Gasteiger partial charge is 0.246 e. The topological polar surface area (TPSA) is 63.4 Å². The fourth-order valence-electron chi connectivity index (χ4n) is 1.93. The fourth-order valence-corrected chi connectivity index (χ4v) is 3.48. The van der Waals surface area contributed by atoms with Crippen molar-refractivity contribution in [2.24, 2.45) is 5.73 Å². The van der Waals surface area contributed by atoms with Crippen LogP contribution in [0.4, 0.5) is 8.78 Å². The van der Waals surface area contributed by atoms with Gasteiger partial charge in [0.1, 0.15) is 16.5 Å². The maximum atomic E-state index is 13.5. The van der Waals surface area contributed by atoms with Gasteiger partial charge in [-0.1, -0.05) is 0 Å². The van der Waals surface area contributed by atoms with Gasteiger partial charge in [0.15, 0.2) is 0 Å². The Kier molecular flexibility index (Phi) is 3.65. The third kappa shape index (κ3) is 2.52. The van der Waals surface area contributed by atoms with E-state index in [0.29, 0.717) is 18.9 Å². The summed E-state index contributed by atoms with van der Waals surface area (Å²) < 4.78 is 52.0. The Hall–Kier alpha value is -1.05. The molecule has 18 heavy (non-hydrogen) atoms. The highest BCUT2D eigenvalue weighted by Crippen LogP contribution is 2.23. The zero-order chi connectivity index (χ0) is 13.3. The molecule has 0 bridgehead atoms. The number of halogens is 2. The maximum absolute atomic E-state index is 13.5. The summed E-state index contributed by atoms with van der Waals surface area (Å²) in [4.78, 5) is -0.613. The van der Waals surface area contributed by atoms with Crippen molar-refractivity contribution in [2.75, 3.05) is 13.1 Å². The van der Waals surface area contributed by atoms with E-state index in [2.05, 4.69) is 0 Å². The Morgan fingerprint density at radius 2 is 1.83 bits per heavy atom. The summed E-state index contributed by atoms with van der Waals surface area (Å²) in [5.74, 6) is -1.71. The van der Waals surface area contributed by atoms with Crippen LogP contribution >= 0.6 is 0 Å². The highest BCUT2D eigenvalue weighted by molar-refractivity contribution is 7.89. The highest BCUT2D eigenvalue weighted by atomic mass is 32.2. The van der Waals surface area contributed by atoms with E-state index >= 15 is 0 Å². The average molecular weight is 276 g/mol. The predicted molar refractivity (Wildman–Crippen MR) is 62.3 cm³/mol. The number of nitrogens with zero attached hydrogens (tertiary/aromatic N) is 1. The van der Waals surface area contributed by atoms with Crippen LogP contribution in [-0.4, -0.2) is 31.9 Å². The fraction of sp³-hybridized carbons (Fsp3) is 0.455. The molecule has 2 N–H and O–H groups in total. The van der Waals surface area contributed by atoms with E-state index in [0.717, 1.165) is 16.4 Å². The zero-order valence-corrected chi connectivity index (χ0v) is 10.5. The molecule has 0 spiro atoms. The lowest BCUT2D eigenvalue weighted by molar-refractivity contribution is 0.318. The van der Waals surface area contributed by atoms with Gasteiger partial charge in [0, 0.05) is 19.1 Å². The van der Waals surface area contributed by atoms with Gasteiger partial charge >= 0.3 is 0 Å². The number of benzene rings is 1. The van der Waals surface area contributed by atoms with Crippen molar-refractivity contribution in [2.45, 2.75) is 23.8 Å². The zero-order valence-electron chi connectivity index (χ0n) is 9.64. The van der Waals surface area contributed by atoms with E-state index in [1.807, 2.05) is 0 Å². The lowest BCUT2D eigenvalue weighted by atomic mass is 10.1. The highest BCUT2D eigenvalue weighted by Gasteiger charge is 2.30. The lowest BCUT2D eigenvalue weighted by Crippen LogP contribution is -2.43. The summed E-state index contributed by atoms with van der Waals surface area (Å²) in [6, 6.07) is 2.38. The summed E-state index contributed by atoms with van der Waals surface area (Å²) >= 11 is 0. The average Bonchev–Trinajstić information content (AvgIpc) is 2.32. The number of rotatable bonds is 2. The third-order valence-corrected chi connectivity index (χ3v) is 4.92. The molecule has 1 aliphatic heterocycles. The summed E-state index contributed by atoms with van der Waals surface area (Å²) in [6.07, 6.45) is 1.05. The Morgan fingerprint density at radius 1 is 1.22 bits per heavy atom. The first kappa shape index (κ1) is 13.4. The quantitative estimate of drug-likeness (QED) is 0.879. The first-order valence-electron chi connectivity index (χ1n) is 5.62. The molecule has 1 aliphatic rings. The summed E-state index contributed by atoms with van der Waals surface area (Å²) in [5, 5.41) is 0. The largest absolute Gasteiger partial charge is 0.328 e. The van der Waals surface area contributed by atoms with Crippen LogP contribution in [0, 0.1) is 11.6 Å². The van der Waals surface area contributed by atoms with Gasteiger partial charge in [-0.15, -0.1) is 0 Å². The standard InChI is InChI=1S/C11H14F2N2O2S/c12-8-1-2-10(13)11(7-8)18(16,17)15-5-3-9(14)4-6-15/h1-2,7,9H,3-6,14H2. The van der Waals surface area contributed by atoms with Crippen LogP contribution in [0.5, 0.6) is 0 Å². The van der Waals surface area contributed by atoms with Crippen molar-refractivity contribution >= 4 is 10.0 Å². The SMILES string of the molecule is NC1CCN(S(=O)(=O)c2cc(F)ccc2F)CC1. The molecule has 0 atom stereocenters. The van der Waals surface area contributed by atoms with Gasteiger partial charge in [-0.05, 0) is 31.0 Å². The van der Waals surface area contributed by atoms with Crippen molar-refractivity contribution in [1.29, 1.82) is 0 Å². The minimum atomic E-state index is -3.98. The second-order valence-electron chi connectivity index (χ2n) is 4.32. The van der Waals surface area contributed by atoms with Gasteiger partial charge in [-0.25, -0.2) is 17.2 Å². The minimum Gasteiger partial charge on any atom is -0.328 e. The Balaban J connectivity index is 2.33. The molecule has 1 saturated heterocycles. The van der Waals surface area contributed by atoms with Crippen LogP contribution in [0.15, 0.2) is 23.1 Å². The molecule has 100 valence electrons. The second kappa shape index (κ2) is 4.91. The molecule has 0 unspecified atom stereocenters. The molecule has 2 rings (SSSR count). The number of sulfonamides is 1. The number of hydrogen-bond donors (Lipinski definition) is 1. The van der Waals surface area contributed by atoms with Gasteiger partial charge in [0.05, 0.1) is 0 Å². The number of hydrogen-bond acceptors (Lipinski definition) is 3. The van der Waals surface area contributed by atoms with Crippen LogP contribution in [0.1, 0.15) is 12.8 Å². The number of piperidine rings is 1. The molecular weight excluding hydrogens is 262 g/mol. The Bertz CT molecular complexity index is 540. The summed E-state index contributed by atoms with van der Waals surface area (Å²) in [7, 11) is -3.98. The van der Waals surface area contributed by atoms with Crippen molar-refractivity contribution < 1.29 is 17.2 Å². The molecule has 0 amide bonds. The monoisotopic (exact) mass is 276 g/mol. The van der Waals surface area contributed by atoms with Crippen molar-refractivity contribution in [3.63, 3.8) is 0 Å². The van der Waals surface area contributed by atoms with Crippen LogP contribution < -0.4 is 5.73 Å². The van der Waals surface area contributed by atoms with Crippen molar-refractivity contribution in [1.82, 2.24) is 4.31 Å². The molecule has 0 saturated carbocycles. The van der Waals surface area contributed by atoms with E-state index in [1.54, 1.807) is 0 Å². The van der Waals surface area contributed by atoms with Gasteiger partial charge in [0.25, 0.3) is 0 Å². The molecule has 0 aromatic heterocycles. The minimum absolute atomic E-state index is 0.0335. The van der Waals surface area contributed by atoms with Crippen LogP contribution in [-0.2, 0) is 10.0 Å². The first-order chi connectivity index (χ1) is 8.41.